The molecular weight excluding hydrogens is 254 g/mol. The van der Waals surface area contributed by atoms with Gasteiger partial charge in [-0.2, -0.15) is 5.26 Å². The Morgan fingerprint density at radius 3 is 2.12 bits per heavy atom. The van der Waals surface area contributed by atoms with Crippen LogP contribution >= 0.6 is 0 Å². The van der Waals surface area contributed by atoms with Crippen LogP contribution < -0.4 is 9.44 Å². The van der Waals surface area contributed by atoms with Crippen LogP contribution in [-0.2, 0) is 20.0 Å². The molecule has 0 rings (SSSR count). The van der Waals surface area contributed by atoms with Crippen molar-refractivity contribution in [2.45, 2.75) is 19.4 Å². The van der Waals surface area contributed by atoms with Gasteiger partial charge in [-0.1, -0.05) is 0 Å². The van der Waals surface area contributed by atoms with Crippen LogP contribution in [0.5, 0.6) is 0 Å². The van der Waals surface area contributed by atoms with Crippen LogP contribution in [0.4, 0.5) is 0 Å². The second-order valence-corrected chi connectivity index (χ2v) is 7.55. The average Bonchev–Trinajstić information content (AvgIpc) is 1.97. The summed E-state index contributed by atoms with van der Waals surface area (Å²) in [7, 11) is -7.08. The molecule has 0 aliphatic carbocycles. The summed E-state index contributed by atoms with van der Waals surface area (Å²) in [5.41, 5.74) is -0.948. The Bertz CT molecular complexity index is 472. The molecule has 0 aromatic rings. The Hall–Kier alpha value is -0.690. The van der Waals surface area contributed by atoms with Crippen LogP contribution in [0.3, 0.4) is 0 Å². The highest BCUT2D eigenvalue weighted by molar-refractivity contribution is 7.89. The maximum Gasteiger partial charge on any atom is 0.225 e. The third kappa shape index (κ3) is 7.58. The monoisotopic (exact) mass is 269 g/mol. The minimum atomic E-state index is -3.67. The molecular formula is C7H15N3O4S2. The van der Waals surface area contributed by atoms with Gasteiger partial charge in [-0.05, 0) is 13.8 Å². The van der Waals surface area contributed by atoms with Crippen molar-refractivity contribution >= 4 is 20.0 Å². The first-order chi connectivity index (χ1) is 6.97. The van der Waals surface area contributed by atoms with E-state index >= 15 is 0 Å². The van der Waals surface area contributed by atoms with Crippen molar-refractivity contribution in [3.63, 3.8) is 0 Å². The van der Waals surface area contributed by atoms with E-state index < -0.39 is 31.3 Å². The zero-order valence-corrected chi connectivity index (χ0v) is 10.9. The Morgan fingerprint density at radius 2 is 1.75 bits per heavy atom. The lowest BCUT2D eigenvalue weighted by molar-refractivity contribution is 0.446. The quantitative estimate of drug-likeness (QED) is 0.625. The number of nitrogens with one attached hydrogen (secondary N) is 2. The fourth-order valence-corrected chi connectivity index (χ4v) is 2.89. The van der Waals surface area contributed by atoms with Gasteiger partial charge < -0.3 is 0 Å². The molecule has 0 aromatic heterocycles. The Labute approximate surface area is 95.9 Å². The molecule has 0 aromatic carbocycles. The number of hydrogen-bond acceptors (Lipinski definition) is 5. The molecule has 7 nitrogen and oxygen atoms in total. The molecule has 9 heteroatoms. The fraction of sp³-hybridized carbons (Fsp3) is 0.857. The first kappa shape index (κ1) is 15.3. The lowest BCUT2D eigenvalue weighted by atomic mass is 10.1. The molecule has 0 unspecified atom stereocenters. The molecule has 94 valence electrons. The van der Waals surface area contributed by atoms with E-state index in [0.29, 0.717) is 0 Å². The first-order valence-electron chi connectivity index (χ1n) is 4.31. The van der Waals surface area contributed by atoms with Gasteiger partial charge >= 0.3 is 0 Å². The van der Waals surface area contributed by atoms with E-state index in [4.69, 9.17) is 5.26 Å². The van der Waals surface area contributed by atoms with Crippen molar-refractivity contribution in [3.8, 4) is 6.07 Å². The molecule has 0 heterocycles. The second kappa shape index (κ2) is 5.09. The Morgan fingerprint density at radius 1 is 1.25 bits per heavy atom. The highest BCUT2D eigenvalue weighted by Gasteiger charge is 2.24. The summed E-state index contributed by atoms with van der Waals surface area (Å²) in [6.07, 6.45) is 0.985. The molecule has 0 fully saturated rings. The summed E-state index contributed by atoms with van der Waals surface area (Å²) in [5.74, 6) is -0.651. The van der Waals surface area contributed by atoms with Crippen LogP contribution in [0.2, 0.25) is 0 Å². The molecule has 0 saturated carbocycles. The number of nitrogens with zero attached hydrogens (tertiary/aromatic N) is 1. The molecule has 0 aliphatic rings. The van der Waals surface area contributed by atoms with Gasteiger partial charge in [0.15, 0.2) is 5.75 Å². The molecule has 0 aliphatic heterocycles. The highest BCUT2D eigenvalue weighted by atomic mass is 32.2. The average molecular weight is 269 g/mol. The van der Waals surface area contributed by atoms with Gasteiger partial charge in [-0.15, -0.1) is 0 Å². The molecule has 0 amide bonds. The second-order valence-electron chi connectivity index (χ2n) is 4.00. The van der Waals surface area contributed by atoms with E-state index in [1.54, 1.807) is 0 Å². The summed E-state index contributed by atoms with van der Waals surface area (Å²) < 4.78 is 48.6. The van der Waals surface area contributed by atoms with Crippen LogP contribution in [-0.4, -0.2) is 40.9 Å². The van der Waals surface area contributed by atoms with Crippen molar-refractivity contribution in [3.05, 3.63) is 0 Å². The molecule has 16 heavy (non-hydrogen) atoms. The number of sulfonamides is 2. The van der Waals surface area contributed by atoms with E-state index in [0.717, 1.165) is 6.26 Å². The minimum Gasteiger partial charge on any atom is -0.213 e. The Balaban J connectivity index is 4.48. The van der Waals surface area contributed by atoms with Crippen LogP contribution in [0, 0.1) is 11.3 Å². The van der Waals surface area contributed by atoms with Crippen molar-refractivity contribution in [1.82, 2.24) is 9.44 Å². The maximum absolute atomic E-state index is 11.1. The van der Waals surface area contributed by atoms with Gasteiger partial charge in [-0.25, -0.2) is 26.3 Å². The van der Waals surface area contributed by atoms with Gasteiger partial charge in [0, 0.05) is 12.1 Å². The van der Waals surface area contributed by atoms with Crippen molar-refractivity contribution in [1.29, 1.82) is 5.26 Å². The molecule has 0 radical (unpaired) electrons. The third-order valence-corrected chi connectivity index (χ3v) is 3.47. The zero-order valence-electron chi connectivity index (χ0n) is 9.31. The van der Waals surface area contributed by atoms with Crippen LogP contribution in [0.15, 0.2) is 0 Å². The van der Waals surface area contributed by atoms with Gasteiger partial charge in [0.25, 0.3) is 0 Å². The van der Waals surface area contributed by atoms with Crippen molar-refractivity contribution in [2.24, 2.45) is 0 Å². The lowest BCUT2D eigenvalue weighted by Crippen LogP contribution is -2.51. The third-order valence-electron chi connectivity index (χ3n) is 1.45. The van der Waals surface area contributed by atoms with Crippen molar-refractivity contribution < 1.29 is 16.8 Å². The van der Waals surface area contributed by atoms with E-state index in [9.17, 15) is 16.8 Å². The SMILES string of the molecule is CC(C)(CNS(=O)(=O)CC#N)NS(C)(=O)=O. The van der Waals surface area contributed by atoms with Crippen LogP contribution in [0.1, 0.15) is 13.8 Å². The summed E-state index contributed by atoms with van der Waals surface area (Å²) >= 11 is 0. The molecule has 0 spiro atoms. The number of hydrogen-bond donors (Lipinski definition) is 2. The standard InChI is InChI=1S/C7H15N3O4S2/c1-7(2,10-15(3,11)12)6-9-16(13,14)5-4-8/h9-10H,5-6H2,1-3H3. The van der Waals surface area contributed by atoms with Crippen molar-refractivity contribution in [2.75, 3.05) is 18.6 Å². The summed E-state index contributed by atoms with van der Waals surface area (Å²) in [4.78, 5) is 0. The summed E-state index contributed by atoms with van der Waals surface area (Å²) in [6, 6.07) is 1.50. The van der Waals surface area contributed by atoms with Crippen LogP contribution in [0.25, 0.3) is 0 Å². The van der Waals surface area contributed by atoms with Gasteiger partial charge in [0.05, 0.1) is 12.3 Å². The molecule has 0 saturated heterocycles. The first-order valence-corrected chi connectivity index (χ1v) is 7.85. The largest absolute Gasteiger partial charge is 0.225 e. The fourth-order valence-electron chi connectivity index (χ4n) is 0.964. The summed E-state index contributed by atoms with van der Waals surface area (Å²) in [5, 5.41) is 8.24. The van der Waals surface area contributed by atoms with Gasteiger partial charge in [0.1, 0.15) is 0 Å². The van der Waals surface area contributed by atoms with Gasteiger partial charge in [0.2, 0.25) is 20.0 Å². The lowest BCUT2D eigenvalue weighted by Gasteiger charge is -2.24. The van der Waals surface area contributed by atoms with E-state index in [-0.39, 0.29) is 6.54 Å². The van der Waals surface area contributed by atoms with E-state index in [1.165, 1.54) is 19.9 Å². The molecule has 2 N–H and O–H groups in total. The minimum absolute atomic E-state index is 0.121. The Kier molecular flexibility index (Phi) is 4.87. The number of nitriles is 1. The predicted molar refractivity (Wildman–Crippen MR) is 59.5 cm³/mol. The zero-order chi connectivity index (χ0) is 13.0. The van der Waals surface area contributed by atoms with Gasteiger partial charge in [-0.3, -0.25) is 0 Å². The molecule has 0 atom stereocenters. The topological polar surface area (TPSA) is 116 Å². The summed E-state index contributed by atoms with van der Waals surface area (Å²) in [6.45, 7) is 2.94. The maximum atomic E-state index is 11.1. The van der Waals surface area contributed by atoms with E-state index in [1.807, 2.05) is 0 Å². The normalized spacial score (nSPS) is 13.4. The highest BCUT2D eigenvalue weighted by Crippen LogP contribution is 2.02. The smallest absolute Gasteiger partial charge is 0.213 e. The predicted octanol–water partition coefficient (Wildman–Crippen LogP) is -1.24. The van der Waals surface area contributed by atoms with E-state index in [2.05, 4.69) is 9.44 Å². The molecule has 0 bridgehead atoms. The number of rotatable bonds is 6.